The van der Waals surface area contributed by atoms with Gasteiger partial charge in [0.05, 0.1) is 19.0 Å². The molecule has 2 amide bonds. The molecule has 0 saturated carbocycles. The zero-order valence-corrected chi connectivity index (χ0v) is 20.8. The third-order valence-corrected chi connectivity index (χ3v) is 5.49. The topological polar surface area (TPSA) is 93.7 Å². The number of thioether (sulfide) groups is 1. The average Bonchev–Trinajstić information content (AvgIpc) is 2.83. The van der Waals surface area contributed by atoms with E-state index < -0.39 is 24.1 Å². The molecule has 2 N–H and O–H groups in total. The fourth-order valence-corrected chi connectivity index (χ4v) is 3.69. The van der Waals surface area contributed by atoms with Gasteiger partial charge in [0.1, 0.15) is 18.7 Å². The van der Waals surface area contributed by atoms with Crippen molar-refractivity contribution in [2.45, 2.75) is 45.6 Å². The van der Waals surface area contributed by atoms with Gasteiger partial charge < -0.3 is 20.1 Å². The highest BCUT2D eigenvalue weighted by atomic mass is 32.2. The van der Waals surface area contributed by atoms with Crippen LogP contribution in [0.1, 0.15) is 31.4 Å². The number of nitrogens with one attached hydrogen (secondary N) is 2. The van der Waals surface area contributed by atoms with Gasteiger partial charge in [0.25, 0.3) is 0 Å². The summed E-state index contributed by atoms with van der Waals surface area (Å²) in [6.45, 7) is 4.39. The second-order valence-electron chi connectivity index (χ2n) is 8.35. The number of hydrogen-bond donors (Lipinski definition) is 2. The molecule has 7 nitrogen and oxygen atoms in total. The summed E-state index contributed by atoms with van der Waals surface area (Å²) in [6.07, 6.45) is 1.55. The van der Waals surface area contributed by atoms with Gasteiger partial charge >= 0.3 is 6.09 Å². The van der Waals surface area contributed by atoms with Crippen molar-refractivity contribution in [1.29, 1.82) is 0 Å². The third-order valence-electron chi connectivity index (χ3n) is 4.92. The summed E-state index contributed by atoms with van der Waals surface area (Å²) in [5.41, 5.74) is 1.83. The van der Waals surface area contributed by atoms with Crippen molar-refractivity contribution >= 4 is 29.5 Å². The van der Waals surface area contributed by atoms with E-state index in [4.69, 9.17) is 9.47 Å². The molecular weight excluding hydrogens is 452 g/mol. The molecule has 2 aromatic carbocycles. The largest absolute Gasteiger partial charge is 0.445 e. The first-order valence-electron chi connectivity index (χ1n) is 11.3. The number of benzene rings is 2. The Bertz CT molecular complexity index is 893. The molecule has 8 heteroatoms. The molecule has 2 atom stereocenters. The third kappa shape index (κ3) is 10.4. The number of ketones is 1. The lowest BCUT2D eigenvalue weighted by molar-refractivity contribution is -0.129. The van der Waals surface area contributed by atoms with Crippen molar-refractivity contribution in [3.8, 4) is 0 Å². The number of carbonyl (C=O) groups is 3. The van der Waals surface area contributed by atoms with Crippen LogP contribution in [0.15, 0.2) is 60.7 Å². The summed E-state index contributed by atoms with van der Waals surface area (Å²) in [4.78, 5) is 38.0. The molecule has 0 aromatic heterocycles. The molecule has 0 aliphatic heterocycles. The minimum Gasteiger partial charge on any atom is -0.445 e. The highest BCUT2D eigenvalue weighted by molar-refractivity contribution is 7.99. The van der Waals surface area contributed by atoms with Crippen molar-refractivity contribution in [2.24, 2.45) is 5.92 Å². The standard InChI is InChI=1S/C26H34N2O5S/c1-19(2)14-22(28-26(31)33-16-21-12-8-5-9-13-21)25(30)27-23(24(29)18-34-3)17-32-15-20-10-6-4-7-11-20/h4-13,19,22-23H,14-18H2,1-3H3,(H,27,30)(H,28,31). The van der Waals surface area contributed by atoms with Crippen LogP contribution in [0.4, 0.5) is 4.79 Å². The Labute approximate surface area is 206 Å². The van der Waals surface area contributed by atoms with E-state index in [1.54, 1.807) is 0 Å². The molecule has 0 spiro atoms. The van der Waals surface area contributed by atoms with E-state index in [1.165, 1.54) is 11.8 Å². The highest BCUT2D eigenvalue weighted by Crippen LogP contribution is 2.09. The van der Waals surface area contributed by atoms with Crippen LogP contribution in [0.2, 0.25) is 0 Å². The summed E-state index contributed by atoms with van der Waals surface area (Å²) in [7, 11) is 0. The SMILES string of the molecule is CSCC(=O)C(COCc1ccccc1)NC(=O)C(CC(C)C)NC(=O)OCc1ccccc1. The molecule has 0 bridgehead atoms. The highest BCUT2D eigenvalue weighted by Gasteiger charge is 2.27. The van der Waals surface area contributed by atoms with E-state index in [-0.39, 0.29) is 30.7 Å². The molecule has 0 radical (unpaired) electrons. The van der Waals surface area contributed by atoms with Crippen LogP contribution in [0.5, 0.6) is 0 Å². The number of ether oxygens (including phenoxy) is 2. The Balaban J connectivity index is 1.96. The summed E-state index contributed by atoms with van der Waals surface area (Å²) >= 11 is 1.38. The van der Waals surface area contributed by atoms with E-state index in [0.717, 1.165) is 11.1 Å². The lowest BCUT2D eigenvalue weighted by atomic mass is 10.0. The zero-order chi connectivity index (χ0) is 24.8. The van der Waals surface area contributed by atoms with Gasteiger partial charge in [-0.25, -0.2) is 4.79 Å². The van der Waals surface area contributed by atoms with Crippen molar-refractivity contribution in [1.82, 2.24) is 10.6 Å². The molecule has 34 heavy (non-hydrogen) atoms. The van der Waals surface area contributed by atoms with Crippen LogP contribution in [0.3, 0.4) is 0 Å². The van der Waals surface area contributed by atoms with Gasteiger partial charge in [0.15, 0.2) is 5.78 Å². The lowest BCUT2D eigenvalue weighted by Crippen LogP contribution is -2.53. The van der Waals surface area contributed by atoms with Crippen molar-refractivity contribution in [3.63, 3.8) is 0 Å². The summed E-state index contributed by atoms with van der Waals surface area (Å²) in [6, 6.07) is 17.3. The Morgan fingerprint density at radius 3 is 2.00 bits per heavy atom. The number of carbonyl (C=O) groups excluding carboxylic acids is 3. The summed E-state index contributed by atoms with van der Waals surface area (Å²) < 4.78 is 11.0. The Morgan fingerprint density at radius 2 is 1.44 bits per heavy atom. The van der Waals surface area contributed by atoms with E-state index >= 15 is 0 Å². The van der Waals surface area contributed by atoms with Crippen LogP contribution in [-0.4, -0.2) is 48.5 Å². The smallest absolute Gasteiger partial charge is 0.408 e. The molecule has 184 valence electrons. The monoisotopic (exact) mass is 486 g/mol. The number of amides is 2. The molecule has 0 aliphatic rings. The average molecular weight is 487 g/mol. The first-order chi connectivity index (χ1) is 16.4. The van der Waals surface area contributed by atoms with Crippen LogP contribution in [0.25, 0.3) is 0 Å². The number of alkyl carbamates (subject to hydrolysis) is 1. The lowest BCUT2D eigenvalue weighted by Gasteiger charge is -2.23. The predicted octanol–water partition coefficient (Wildman–Crippen LogP) is 3.96. The molecule has 0 heterocycles. The Kier molecular flexibility index (Phi) is 12.2. The van der Waals surface area contributed by atoms with Crippen molar-refractivity contribution < 1.29 is 23.9 Å². The molecule has 2 rings (SSSR count). The van der Waals surface area contributed by atoms with Crippen molar-refractivity contribution in [2.75, 3.05) is 18.6 Å². The van der Waals surface area contributed by atoms with E-state index in [9.17, 15) is 14.4 Å². The fourth-order valence-electron chi connectivity index (χ4n) is 3.21. The fraction of sp³-hybridized carbons (Fsp3) is 0.423. The van der Waals surface area contributed by atoms with Gasteiger partial charge in [-0.05, 0) is 29.7 Å². The number of hydrogen-bond acceptors (Lipinski definition) is 6. The predicted molar refractivity (Wildman–Crippen MR) is 134 cm³/mol. The van der Waals surface area contributed by atoms with Gasteiger partial charge in [0, 0.05) is 0 Å². The van der Waals surface area contributed by atoms with Crippen molar-refractivity contribution in [3.05, 3.63) is 71.8 Å². The van der Waals surface area contributed by atoms with Gasteiger partial charge in [-0.15, -0.1) is 0 Å². The minimum atomic E-state index is -0.832. The quantitative estimate of drug-likeness (QED) is 0.420. The first-order valence-corrected chi connectivity index (χ1v) is 12.7. The van der Waals surface area contributed by atoms with E-state index in [2.05, 4.69) is 10.6 Å². The summed E-state index contributed by atoms with van der Waals surface area (Å²) in [5, 5.41) is 5.42. The Hall–Kier alpha value is -2.84. The second kappa shape index (κ2) is 15.1. The van der Waals surface area contributed by atoms with Gasteiger partial charge in [-0.1, -0.05) is 74.5 Å². The Morgan fingerprint density at radius 1 is 0.853 bits per heavy atom. The zero-order valence-electron chi connectivity index (χ0n) is 20.0. The van der Waals surface area contributed by atoms with E-state index in [1.807, 2.05) is 80.8 Å². The molecule has 0 fully saturated rings. The molecule has 0 aliphatic carbocycles. The van der Waals surface area contributed by atoms with Crippen LogP contribution in [0, 0.1) is 5.92 Å². The summed E-state index contributed by atoms with van der Waals surface area (Å²) in [5.74, 6) is -0.182. The first kappa shape index (κ1) is 27.4. The maximum Gasteiger partial charge on any atom is 0.408 e. The maximum absolute atomic E-state index is 13.0. The van der Waals surface area contributed by atoms with Gasteiger partial charge in [-0.3, -0.25) is 9.59 Å². The maximum atomic E-state index is 13.0. The minimum absolute atomic E-state index is 0.0485. The van der Waals surface area contributed by atoms with E-state index in [0.29, 0.717) is 13.0 Å². The van der Waals surface area contributed by atoms with Crippen LogP contribution >= 0.6 is 11.8 Å². The van der Waals surface area contributed by atoms with Crippen LogP contribution < -0.4 is 10.6 Å². The van der Waals surface area contributed by atoms with Gasteiger partial charge in [0.2, 0.25) is 5.91 Å². The van der Waals surface area contributed by atoms with Crippen LogP contribution in [-0.2, 0) is 32.3 Å². The molecule has 0 saturated heterocycles. The molecule has 2 unspecified atom stereocenters. The number of Topliss-reactive ketones (excluding diaryl/α,β-unsaturated/α-hetero) is 1. The second-order valence-corrected chi connectivity index (χ2v) is 9.22. The van der Waals surface area contributed by atoms with Gasteiger partial charge in [-0.2, -0.15) is 11.8 Å². The molecular formula is C26H34N2O5S. The normalized spacial score (nSPS) is 12.6. The number of rotatable bonds is 14. The molecule has 2 aromatic rings.